The summed E-state index contributed by atoms with van der Waals surface area (Å²) in [4.78, 5) is 33.3. The largest absolute Gasteiger partial charge is 0.504 e. The molecular formula is C22H25F3N4O5. The molecule has 2 aromatic rings. The van der Waals surface area contributed by atoms with E-state index < -0.39 is 52.9 Å². The molecule has 3 N–H and O–H groups in total. The topological polar surface area (TPSA) is 125 Å². The second-order valence-electron chi connectivity index (χ2n) is 8.85. The van der Waals surface area contributed by atoms with Gasteiger partial charge in [0.25, 0.3) is 0 Å². The first-order valence-corrected chi connectivity index (χ1v) is 10.5. The summed E-state index contributed by atoms with van der Waals surface area (Å²) in [7, 11) is 0. The Hall–Kier alpha value is -3.57. The van der Waals surface area contributed by atoms with Gasteiger partial charge in [-0.2, -0.15) is 13.2 Å². The maximum absolute atomic E-state index is 13.4. The van der Waals surface area contributed by atoms with Crippen LogP contribution in [0.3, 0.4) is 0 Å². The molecule has 0 aliphatic carbocycles. The van der Waals surface area contributed by atoms with Gasteiger partial charge < -0.3 is 20.3 Å². The molecule has 0 radical (unpaired) electrons. The maximum atomic E-state index is 13.4. The second kappa shape index (κ2) is 8.99. The van der Waals surface area contributed by atoms with Crippen molar-refractivity contribution in [2.24, 2.45) is 0 Å². The number of ether oxygens (including phenoxy) is 1. The fraction of sp³-hybridized carbons (Fsp3) is 0.455. The molecule has 2 heterocycles. The number of hydrogen-bond acceptors (Lipinski definition) is 7. The van der Waals surface area contributed by atoms with E-state index in [4.69, 9.17) is 4.74 Å². The summed E-state index contributed by atoms with van der Waals surface area (Å²) in [5.41, 5.74) is -1.99. The van der Waals surface area contributed by atoms with Crippen molar-refractivity contribution >= 4 is 23.7 Å². The van der Waals surface area contributed by atoms with Gasteiger partial charge in [-0.25, -0.2) is 19.6 Å². The Balaban J connectivity index is 2.03. The predicted molar refractivity (Wildman–Crippen MR) is 116 cm³/mol. The molecule has 0 fully saturated rings. The number of aromatic hydroxyl groups is 1. The summed E-state index contributed by atoms with van der Waals surface area (Å²) in [6, 6.07) is 1.54. The molecule has 184 valence electrons. The maximum Gasteiger partial charge on any atom is 0.416 e. The van der Waals surface area contributed by atoms with Crippen molar-refractivity contribution in [3.63, 3.8) is 0 Å². The molecule has 1 aliphatic heterocycles. The molecule has 0 unspecified atom stereocenters. The van der Waals surface area contributed by atoms with Crippen molar-refractivity contribution in [2.75, 3.05) is 10.2 Å². The van der Waals surface area contributed by atoms with E-state index in [0.717, 1.165) is 29.3 Å². The van der Waals surface area contributed by atoms with Gasteiger partial charge in [-0.15, -0.1) is 0 Å². The van der Waals surface area contributed by atoms with Crippen molar-refractivity contribution in [1.82, 2.24) is 9.97 Å². The number of benzene rings is 1. The number of nitrogens with zero attached hydrogens (tertiary/aromatic N) is 3. The van der Waals surface area contributed by atoms with E-state index in [2.05, 4.69) is 15.3 Å². The van der Waals surface area contributed by atoms with Crippen LogP contribution in [0.15, 0.2) is 24.4 Å². The summed E-state index contributed by atoms with van der Waals surface area (Å²) in [5.74, 6) is -1.56. The molecule has 0 bridgehead atoms. The Morgan fingerprint density at radius 1 is 1.26 bits per heavy atom. The summed E-state index contributed by atoms with van der Waals surface area (Å²) >= 11 is 0. The highest BCUT2D eigenvalue weighted by molar-refractivity contribution is 5.91. The normalized spacial score (nSPS) is 18.3. The zero-order valence-electron chi connectivity index (χ0n) is 19.0. The molecule has 9 nitrogen and oxygen atoms in total. The van der Waals surface area contributed by atoms with Gasteiger partial charge in [-0.1, -0.05) is 6.92 Å². The van der Waals surface area contributed by atoms with Gasteiger partial charge in [-0.05, 0) is 57.4 Å². The fourth-order valence-corrected chi connectivity index (χ4v) is 3.75. The molecule has 12 heteroatoms. The lowest BCUT2D eigenvalue weighted by molar-refractivity contribution is -0.137. The summed E-state index contributed by atoms with van der Waals surface area (Å²) in [6.07, 6.45) is -4.40. The van der Waals surface area contributed by atoms with Crippen LogP contribution in [0.25, 0.3) is 0 Å². The Labute approximate surface area is 193 Å². The molecular weight excluding hydrogens is 457 g/mol. The highest BCUT2D eigenvalue weighted by atomic mass is 19.4. The number of amides is 1. The van der Waals surface area contributed by atoms with Crippen molar-refractivity contribution in [2.45, 2.75) is 64.4 Å². The lowest BCUT2D eigenvalue weighted by Gasteiger charge is -2.39. The lowest BCUT2D eigenvalue weighted by Crippen LogP contribution is -2.45. The number of fused-ring (bicyclic) bond motifs is 1. The molecule has 34 heavy (non-hydrogen) atoms. The van der Waals surface area contributed by atoms with E-state index in [0.29, 0.717) is 6.42 Å². The predicted octanol–water partition coefficient (Wildman–Crippen LogP) is 4.98. The van der Waals surface area contributed by atoms with Crippen LogP contribution in [0.4, 0.5) is 29.6 Å². The van der Waals surface area contributed by atoms with Crippen LogP contribution in [0.2, 0.25) is 0 Å². The van der Waals surface area contributed by atoms with Crippen LogP contribution in [0, 0.1) is 0 Å². The first kappa shape index (κ1) is 25.1. The van der Waals surface area contributed by atoms with E-state index in [1.165, 1.54) is 0 Å². The minimum atomic E-state index is -4.63. The third kappa shape index (κ3) is 5.32. The zero-order chi connectivity index (χ0) is 25.4. The number of nitrogens with one attached hydrogen (secondary N) is 1. The number of esters is 1. The van der Waals surface area contributed by atoms with E-state index >= 15 is 0 Å². The number of rotatable bonds is 4. The van der Waals surface area contributed by atoms with Crippen LogP contribution in [-0.4, -0.2) is 43.9 Å². The summed E-state index contributed by atoms with van der Waals surface area (Å²) < 4.78 is 45.4. The van der Waals surface area contributed by atoms with Crippen molar-refractivity contribution in [3.8, 4) is 5.75 Å². The van der Waals surface area contributed by atoms with Gasteiger partial charge in [0.2, 0.25) is 5.95 Å². The summed E-state index contributed by atoms with van der Waals surface area (Å²) in [5, 5.41) is 22.6. The number of carbonyl (C=O) groups excluding carboxylic acids is 1. The van der Waals surface area contributed by atoms with Crippen LogP contribution < -0.4 is 10.2 Å². The minimum Gasteiger partial charge on any atom is -0.504 e. The molecule has 0 saturated heterocycles. The van der Waals surface area contributed by atoms with E-state index in [-0.39, 0.29) is 23.6 Å². The molecule has 1 amide bonds. The van der Waals surface area contributed by atoms with Crippen LogP contribution in [-0.2, 0) is 10.9 Å². The van der Waals surface area contributed by atoms with Crippen molar-refractivity contribution in [1.29, 1.82) is 0 Å². The number of carbonyl (C=O) groups is 2. The fourth-order valence-electron chi connectivity index (χ4n) is 3.75. The van der Waals surface area contributed by atoms with Crippen LogP contribution in [0.1, 0.15) is 68.2 Å². The Morgan fingerprint density at radius 3 is 2.50 bits per heavy atom. The molecule has 0 saturated carbocycles. The van der Waals surface area contributed by atoms with Gasteiger partial charge in [0.15, 0.2) is 11.4 Å². The van der Waals surface area contributed by atoms with Gasteiger partial charge >= 0.3 is 18.2 Å². The first-order valence-electron chi connectivity index (χ1n) is 10.5. The average molecular weight is 482 g/mol. The number of anilines is 2. The average Bonchev–Trinajstić information content (AvgIpc) is 2.72. The second-order valence-corrected chi connectivity index (χ2v) is 8.85. The van der Waals surface area contributed by atoms with Crippen molar-refractivity contribution in [3.05, 3.63) is 41.2 Å². The van der Waals surface area contributed by atoms with Crippen molar-refractivity contribution < 1.29 is 37.7 Å². The summed E-state index contributed by atoms with van der Waals surface area (Å²) in [6.45, 7) is 6.68. The van der Waals surface area contributed by atoms with Crippen LogP contribution >= 0.6 is 0 Å². The SMILES string of the molecule is CC[C@@H]1C[C@H](Nc2ncc(O)c(C(=O)OC(C)(C)C)n2)c2cc(C(F)(F)F)ccc2N1C(=O)O. The zero-order valence-corrected chi connectivity index (χ0v) is 19.0. The Morgan fingerprint density at radius 2 is 1.94 bits per heavy atom. The van der Waals surface area contributed by atoms with Gasteiger partial charge in [-0.3, -0.25) is 4.90 Å². The number of hydrogen-bond donors (Lipinski definition) is 3. The molecule has 3 rings (SSSR count). The smallest absolute Gasteiger partial charge is 0.416 e. The Bertz CT molecular complexity index is 1100. The number of halogens is 3. The number of alkyl halides is 3. The van der Waals surface area contributed by atoms with Gasteiger partial charge in [0, 0.05) is 6.04 Å². The van der Waals surface area contributed by atoms with Gasteiger partial charge in [0.1, 0.15) is 5.60 Å². The van der Waals surface area contributed by atoms with E-state index in [1.807, 2.05) is 0 Å². The standard InChI is InChI=1S/C22H25F3N4O5/c1-5-12-9-14(13-8-11(22(23,24)25)6-7-15(13)29(12)20(32)33)27-19-26-10-16(30)17(28-19)18(31)34-21(2,3)4/h6-8,10,12,14,30H,5,9H2,1-4H3,(H,32,33)(H,26,27,28)/t12-,14+/m1/s1. The molecule has 1 aliphatic rings. The monoisotopic (exact) mass is 482 g/mol. The molecule has 1 aromatic heterocycles. The highest BCUT2D eigenvalue weighted by Crippen LogP contribution is 2.42. The molecule has 2 atom stereocenters. The van der Waals surface area contributed by atoms with Gasteiger partial charge in [0.05, 0.1) is 23.5 Å². The quantitative estimate of drug-likeness (QED) is 0.522. The lowest BCUT2D eigenvalue weighted by atomic mass is 9.89. The minimum absolute atomic E-state index is 0.0948. The third-order valence-electron chi connectivity index (χ3n) is 5.21. The highest BCUT2D eigenvalue weighted by Gasteiger charge is 2.39. The van der Waals surface area contributed by atoms with E-state index in [9.17, 15) is 33.0 Å². The first-order chi connectivity index (χ1) is 15.7. The van der Waals surface area contributed by atoms with E-state index in [1.54, 1.807) is 27.7 Å². The number of aromatic nitrogens is 2. The molecule has 0 spiro atoms. The number of carboxylic acid groups (broad SMARTS) is 1. The molecule has 1 aromatic carbocycles. The Kier molecular flexibility index (Phi) is 6.63. The third-order valence-corrected chi connectivity index (χ3v) is 5.21. The van der Waals surface area contributed by atoms with Crippen LogP contribution in [0.5, 0.6) is 5.75 Å².